The molecule has 3 nitrogen and oxygen atoms in total. The minimum Gasteiger partial charge on any atom is -0.494 e. The van der Waals surface area contributed by atoms with Crippen molar-refractivity contribution in [2.45, 2.75) is 13.1 Å². The quantitative estimate of drug-likeness (QED) is 0.824. The Kier molecular flexibility index (Phi) is 3.08. The van der Waals surface area contributed by atoms with Crippen LogP contribution >= 0.6 is 12.4 Å². The standard InChI is InChI=1S/C12H14N2O.ClH/c1-15-12-9-4-2-3-5-10(9)14-7-6-13-8-11(12)14;/h2-5,13H,6-8H2,1H3;1H. The molecule has 0 fully saturated rings. The number of para-hydroxylation sites is 1. The van der Waals surface area contributed by atoms with E-state index in [-0.39, 0.29) is 12.4 Å². The fourth-order valence-electron chi connectivity index (χ4n) is 2.38. The molecule has 0 saturated carbocycles. The van der Waals surface area contributed by atoms with Crippen molar-refractivity contribution in [3.63, 3.8) is 0 Å². The Morgan fingerprint density at radius 2 is 2.12 bits per heavy atom. The molecule has 0 saturated heterocycles. The first kappa shape index (κ1) is 11.3. The minimum absolute atomic E-state index is 0. The van der Waals surface area contributed by atoms with Gasteiger partial charge in [-0.05, 0) is 12.1 Å². The van der Waals surface area contributed by atoms with Crippen molar-refractivity contribution in [3.05, 3.63) is 30.0 Å². The number of hydrogen-bond donors (Lipinski definition) is 1. The maximum Gasteiger partial charge on any atom is 0.148 e. The number of rotatable bonds is 1. The van der Waals surface area contributed by atoms with Crippen LogP contribution in [0.5, 0.6) is 5.75 Å². The zero-order valence-electron chi connectivity index (χ0n) is 9.19. The van der Waals surface area contributed by atoms with E-state index in [1.165, 1.54) is 16.6 Å². The molecule has 2 heterocycles. The van der Waals surface area contributed by atoms with Crippen molar-refractivity contribution in [1.82, 2.24) is 9.88 Å². The van der Waals surface area contributed by atoms with E-state index in [0.717, 1.165) is 25.4 Å². The molecule has 86 valence electrons. The molecule has 0 aliphatic carbocycles. The third-order valence-corrected chi connectivity index (χ3v) is 3.04. The molecule has 1 aromatic heterocycles. The molecule has 0 spiro atoms. The first-order valence-corrected chi connectivity index (χ1v) is 5.26. The summed E-state index contributed by atoms with van der Waals surface area (Å²) in [7, 11) is 1.75. The Balaban J connectivity index is 0.000000963. The molecule has 0 radical (unpaired) electrons. The molecule has 3 rings (SSSR count). The fourth-order valence-corrected chi connectivity index (χ4v) is 2.38. The maximum atomic E-state index is 5.51. The van der Waals surface area contributed by atoms with Crippen molar-refractivity contribution < 1.29 is 4.74 Å². The molecular formula is C12H15ClN2O. The van der Waals surface area contributed by atoms with Gasteiger partial charge in [-0.25, -0.2) is 0 Å². The van der Waals surface area contributed by atoms with Gasteiger partial charge in [-0.15, -0.1) is 12.4 Å². The molecular weight excluding hydrogens is 224 g/mol. The van der Waals surface area contributed by atoms with Crippen LogP contribution < -0.4 is 10.1 Å². The van der Waals surface area contributed by atoms with Crippen LogP contribution in [0.2, 0.25) is 0 Å². The van der Waals surface area contributed by atoms with Crippen LogP contribution in [0.15, 0.2) is 24.3 Å². The van der Waals surface area contributed by atoms with Crippen LogP contribution in [0.1, 0.15) is 5.69 Å². The number of methoxy groups -OCH3 is 1. The molecule has 1 aliphatic rings. The van der Waals surface area contributed by atoms with Crippen LogP contribution in [0.25, 0.3) is 10.9 Å². The van der Waals surface area contributed by atoms with Gasteiger partial charge in [-0.2, -0.15) is 0 Å². The number of nitrogens with zero attached hydrogens (tertiary/aromatic N) is 1. The summed E-state index contributed by atoms with van der Waals surface area (Å²) in [5.41, 5.74) is 2.55. The normalized spacial score (nSPS) is 14.3. The van der Waals surface area contributed by atoms with Crippen LogP contribution in [0.3, 0.4) is 0 Å². The summed E-state index contributed by atoms with van der Waals surface area (Å²) in [5, 5.41) is 4.60. The lowest BCUT2D eigenvalue weighted by molar-refractivity contribution is 0.401. The summed E-state index contributed by atoms with van der Waals surface area (Å²) in [6.45, 7) is 2.96. The third-order valence-electron chi connectivity index (χ3n) is 3.04. The molecule has 16 heavy (non-hydrogen) atoms. The largest absolute Gasteiger partial charge is 0.494 e. The third kappa shape index (κ3) is 1.47. The monoisotopic (exact) mass is 238 g/mol. The zero-order valence-corrected chi connectivity index (χ0v) is 10.0. The topological polar surface area (TPSA) is 26.2 Å². The number of nitrogens with one attached hydrogen (secondary N) is 1. The smallest absolute Gasteiger partial charge is 0.148 e. The van der Waals surface area contributed by atoms with Gasteiger partial charge in [0.1, 0.15) is 5.75 Å². The van der Waals surface area contributed by atoms with Crippen LogP contribution in [0, 0.1) is 0 Å². The number of halogens is 1. The molecule has 1 aliphatic heterocycles. The Bertz CT molecular complexity index is 474. The van der Waals surface area contributed by atoms with E-state index in [4.69, 9.17) is 4.74 Å². The molecule has 1 aromatic carbocycles. The molecule has 4 heteroatoms. The summed E-state index contributed by atoms with van der Waals surface area (Å²) in [5.74, 6) is 1.03. The van der Waals surface area contributed by atoms with Gasteiger partial charge in [0.2, 0.25) is 0 Å². The highest BCUT2D eigenvalue weighted by Crippen LogP contribution is 2.33. The lowest BCUT2D eigenvalue weighted by Gasteiger charge is -2.17. The highest BCUT2D eigenvalue weighted by atomic mass is 35.5. The fraction of sp³-hybridized carbons (Fsp3) is 0.333. The summed E-state index contributed by atoms with van der Waals surface area (Å²) in [4.78, 5) is 0. The van der Waals surface area contributed by atoms with Crippen molar-refractivity contribution in [3.8, 4) is 5.75 Å². The van der Waals surface area contributed by atoms with Gasteiger partial charge in [-0.1, -0.05) is 12.1 Å². The van der Waals surface area contributed by atoms with Gasteiger partial charge in [0.05, 0.1) is 18.3 Å². The lowest BCUT2D eigenvalue weighted by Crippen LogP contribution is -2.27. The molecule has 0 unspecified atom stereocenters. The van der Waals surface area contributed by atoms with E-state index in [9.17, 15) is 0 Å². The minimum atomic E-state index is 0. The van der Waals surface area contributed by atoms with Crippen LogP contribution in [-0.2, 0) is 13.1 Å². The van der Waals surface area contributed by atoms with Crippen LogP contribution in [0.4, 0.5) is 0 Å². The molecule has 1 N–H and O–H groups in total. The highest BCUT2D eigenvalue weighted by molar-refractivity contribution is 5.88. The van der Waals surface area contributed by atoms with Gasteiger partial charge in [0.25, 0.3) is 0 Å². The number of benzene rings is 1. The second-order valence-corrected chi connectivity index (χ2v) is 3.83. The lowest BCUT2D eigenvalue weighted by atomic mass is 10.2. The predicted molar refractivity (Wildman–Crippen MR) is 67.4 cm³/mol. The van der Waals surface area contributed by atoms with Gasteiger partial charge < -0.3 is 14.6 Å². The average Bonchev–Trinajstić information content (AvgIpc) is 2.63. The second-order valence-electron chi connectivity index (χ2n) is 3.83. The van der Waals surface area contributed by atoms with Gasteiger partial charge in [0.15, 0.2) is 0 Å². The SMILES string of the molecule is COc1c2n(c3ccccc13)CCNC2.Cl. The first-order chi connectivity index (χ1) is 7.42. The maximum absolute atomic E-state index is 5.51. The Hall–Kier alpha value is -1.19. The van der Waals surface area contributed by atoms with Crippen LogP contribution in [-0.4, -0.2) is 18.2 Å². The predicted octanol–water partition coefficient (Wildman–Crippen LogP) is 2.17. The summed E-state index contributed by atoms with van der Waals surface area (Å²) in [6, 6.07) is 8.42. The van der Waals surface area contributed by atoms with Crippen molar-refractivity contribution in [2.75, 3.05) is 13.7 Å². The number of fused-ring (bicyclic) bond motifs is 3. The summed E-state index contributed by atoms with van der Waals surface area (Å²) >= 11 is 0. The Labute approximate surface area is 101 Å². The van der Waals surface area contributed by atoms with Crippen molar-refractivity contribution in [2.24, 2.45) is 0 Å². The molecule has 0 bridgehead atoms. The van der Waals surface area contributed by atoms with Gasteiger partial charge >= 0.3 is 0 Å². The van der Waals surface area contributed by atoms with E-state index in [1.807, 2.05) is 0 Å². The molecule has 2 aromatic rings. The number of ether oxygens (including phenoxy) is 1. The highest BCUT2D eigenvalue weighted by Gasteiger charge is 2.19. The zero-order chi connectivity index (χ0) is 10.3. The number of hydrogen-bond acceptors (Lipinski definition) is 2. The Morgan fingerprint density at radius 1 is 1.31 bits per heavy atom. The first-order valence-electron chi connectivity index (χ1n) is 5.26. The van der Waals surface area contributed by atoms with Crippen molar-refractivity contribution >= 4 is 23.3 Å². The summed E-state index contributed by atoms with van der Waals surface area (Å²) in [6.07, 6.45) is 0. The van der Waals surface area contributed by atoms with E-state index in [0.29, 0.717) is 0 Å². The average molecular weight is 239 g/mol. The second kappa shape index (κ2) is 4.36. The van der Waals surface area contributed by atoms with Gasteiger partial charge in [-0.3, -0.25) is 0 Å². The van der Waals surface area contributed by atoms with E-state index >= 15 is 0 Å². The van der Waals surface area contributed by atoms with E-state index in [1.54, 1.807) is 7.11 Å². The Morgan fingerprint density at radius 3 is 2.94 bits per heavy atom. The van der Waals surface area contributed by atoms with Gasteiger partial charge in [0, 0.05) is 25.0 Å². The van der Waals surface area contributed by atoms with E-state index in [2.05, 4.69) is 34.1 Å². The van der Waals surface area contributed by atoms with Crippen molar-refractivity contribution in [1.29, 1.82) is 0 Å². The van der Waals surface area contributed by atoms with E-state index < -0.39 is 0 Å². The molecule has 0 atom stereocenters. The summed E-state index contributed by atoms with van der Waals surface area (Å²) < 4.78 is 7.86. The molecule has 0 amide bonds. The number of aromatic nitrogens is 1.